The average Bonchev–Trinajstić information content (AvgIpc) is 2.26. The number of ether oxygens (including phenoxy) is 1. The van der Waals surface area contributed by atoms with E-state index in [0.29, 0.717) is 19.4 Å². The first-order chi connectivity index (χ1) is 7.49. The van der Waals surface area contributed by atoms with Crippen LogP contribution in [0.4, 0.5) is 0 Å². The summed E-state index contributed by atoms with van der Waals surface area (Å²) < 4.78 is 4.55. The maximum Gasteiger partial charge on any atom is 0.329 e. The summed E-state index contributed by atoms with van der Waals surface area (Å²) in [5, 5.41) is 9.01. The Morgan fingerprint density at radius 2 is 2.00 bits per heavy atom. The number of hydrogen-bond acceptors (Lipinski definition) is 4. The van der Waals surface area contributed by atoms with Crippen LogP contribution < -0.4 is 0 Å². The third-order valence-electron chi connectivity index (χ3n) is 2.80. The minimum atomic E-state index is -1.07. The quantitative estimate of drug-likeness (QED) is 0.667. The summed E-state index contributed by atoms with van der Waals surface area (Å²) in [4.78, 5) is 35.1. The fourth-order valence-corrected chi connectivity index (χ4v) is 2.02. The normalized spacial score (nSPS) is 25.0. The minimum absolute atomic E-state index is 0.304. The summed E-state index contributed by atoms with van der Waals surface area (Å²) in [7, 11) is 1.19. The Balaban J connectivity index is 2.98. The molecule has 1 N–H and O–H groups in total. The fraction of sp³-hybridized carbons (Fsp3) is 0.700. The molecule has 1 aliphatic rings. The standard InChI is InChI=1S/C10H15NO5/c1-6(12)11-5-3-4-7(9(13)14)8(11)10(15)16-2/h7-8H,3-5H2,1-2H3,(H,13,14)/t7?,8-/m0/s1. The van der Waals surface area contributed by atoms with E-state index in [-0.39, 0.29) is 5.91 Å². The molecular formula is C10H15NO5. The number of rotatable bonds is 2. The van der Waals surface area contributed by atoms with Gasteiger partial charge in [-0.1, -0.05) is 0 Å². The van der Waals surface area contributed by atoms with E-state index in [9.17, 15) is 14.4 Å². The molecule has 1 unspecified atom stereocenters. The molecule has 0 bridgehead atoms. The van der Waals surface area contributed by atoms with E-state index in [1.807, 2.05) is 0 Å². The van der Waals surface area contributed by atoms with Crippen molar-refractivity contribution in [2.75, 3.05) is 13.7 Å². The molecule has 0 aromatic carbocycles. The van der Waals surface area contributed by atoms with Crippen molar-refractivity contribution in [3.63, 3.8) is 0 Å². The number of carboxylic acids is 1. The zero-order valence-corrected chi connectivity index (χ0v) is 9.30. The highest BCUT2D eigenvalue weighted by atomic mass is 16.5. The van der Waals surface area contributed by atoms with Crippen molar-refractivity contribution in [3.05, 3.63) is 0 Å². The summed E-state index contributed by atoms with van der Waals surface area (Å²) in [6, 6.07) is -0.992. The molecule has 6 nitrogen and oxygen atoms in total. The smallest absolute Gasteiger partial charge is 0.329 e. The molecule has 6 heteroatoms. The van der Waals surface area contributed by atoms with E-state index < -0.39 is 23.9 Å². The lowest BCUT2D eigenvalue weighted by Gasteiger charge is -2.36. The predicted octanol–water partition coefficient (Wildman–Crippen LogP) is -0.129. The van der Waals surface area contributed by atoms with Crippen LogP contribution in [0.5, 0.6) is 0 Å². The maximum atomic E-state index is 11.5. The Morgan fingerprint density at radius 1 is 1.38 bits per heavy atom. The number of aliphatic carboxylic acids is 1. The zero-order valence-electron chi connectivity index (χ0n) is 9.30. The molecule has 90 valence electrons. The lowest BCUT2D eigenvalue weighted by atomic mass is 9.89. The second-order valence-electron chi connectivity index (χ2n) is 3.77. The summed E-state index contributed by atoms with van der Waals surface area (Å²) in [6.07, 6.45) is 0.975. The molecule has 1 rings (SSSR count). The molecule has 1 fully saturated rings. The number of likely N-dealkylation sites (tertiary alicyclic amines) is 1. The molecule has 1 amide bonds. The van der Waals surface area contributed by atoms with Crippen molar-refractivity contribution in [3.8, 4) is 0 Å². The van der Waals surface area contributed by atoms with Gasteiger partial charge in [-0.25, -0.2) is 4.79 Å². The van der Waals surface area contributed by atoms with Crippen LogP contribution in [0, 0.1) is 5.92 Å². The van der Waals surface area contributed by atoms with Crippen LogP contribution in [0.2, 0.25) is 0 Å². The first-order valence-corrected chi connectivity index (χ1v) is 5.07. The van der Waals surface area contributed by atoms with Crippen molar-refractivity contribution in [2.45, 2.75) is 25.8 Å². The SMILES string of the molecule is COC(=O)[C@@H]1C(C(=O)O)CCCN1C(C)=O. The summed E-state index contributed by atoms with van der Waals surface area (Å²) in [6.45, 7) is 1.72. The summed E-state index contributed by atoms with van der Waals surface area (Å²) in [5.74, 6) is -2.91. The Morgan fingerprint density at radius 3 is 2.44 bits per heavy atom. The van der Waals surface area contributed by atoms with Gasteiger partial charge >= 0.3 is 11.9 Å². The van der Waals surface area contributed by atoms with Gasteiger partial charge in [-0.05, 0) is 12.8 Å². The Labute approximate surface area is 93.2 Å². The predicted molar refractivity (Wildman–Crippen MR) is 53.6 cm³/mol. The van der Waals surface area contributed by atoms with Crippen LogP contribution in [-0.4, -0.2) is 47.5 Å². The Bertz CT molecular complexity index is 292. The molecule has 1 heterocycles. The van der Waals surface area contributed by atoms with Gasteiger partial charge in [0.1, 0.15) is 6.04 Å². The molecular weight excluding hydrogens is 214 g/mol. The number of hydrogen-bond donors (Lipinski definition) is 1. The lowest BCUT2D eigenvalue weighted by Crippen LogP contribution is -2.54. The second-order valence-corrected chi connectivity index (χ2v) is 3.77. The molecule has 0 radical (unpaired) electrons. The fourth-order valence-electron chi connectivity index (χ4n) is 2.02. The van der Waals surface area contributed by atoms with Crippen molar-refractivity contribution in [1.82, 2.24) is 4.90 Å². The van der Waals surface area contributed by atoms with E-state index in [0.717, 1.165) is 0 Å². The summed E-state index contributed by atoms with van der Waals surface area (Å²) in [5.41, 5.74) is 0. The van der Waals surface area contributed by atoms with Gasteiger partial charge in [0.05, 0.1) is 13.0 Å². The molecule has 1 saturated heterocycles. The van der Waals surface area contributed by atoms with E-state index in [4.69, 9.17) is 5.11 Å². The number of piperidine rings is 1. The van der Waals surface area contributed by atoms with E-state index in [2.05, 4.69) is 4.74 Å². The number of methoxy groups -OCH3 is 1. The van der Waals surface area contributed by atoms with Gasteiger partial charge in [0.15, 0.2) is 0 Å². The Kier molecular flexibility index (Phi) is 3.87. The average molecular weight is 229 g/mol. The van der Waals surface area contributed by atoms with Gasteiger partial charge in [-0.15, -0.1) is 0 Å². The third kappa shape index (κ3) is 2.32. The van der Waals surface area contributed by atoms with E-state index in [1.54, 1.807) is 0 Å². The van der Waals surface area contributed by atoms with Gasteiger partial charge < -0.3 is 14.7 Å². The minimum Gasteiger partial charge on any atom is -0.481 e. The molecule has 16 heavy (non-hydrogen) atoms. The number of carboxylic acid groups (broad SMARTS) is 1. The highest BCUT2D eigenvalue weighted by molar-refractivity contribution is 5.88. The number of carbonyl (C=O) groups is 3. The first-order valence-electron chi connectivity index (χ1n) is 5.07. The number of amides is 1. The van der Waals surface area contributed by atoms with Crippen molar-refractivity contribution >= 4 is 17.8 Å². The van der Waals surface area contributed by atoms with Crippen molar-refractivity contribution in [1.29, 1.82) is 0 Å². The molecule has 0 aliphatic carbocycles. The number of esters is 1. The number of carbonyl (C=O) groups excluding carboxylic acids is 2. The van der Waals surface area contributed by atoms with Gasteiger partial charge in [-0.2, -0.15) is 0 Å². The second kappa shape index (κ2) is 4.96. The van der Waals surface area contributed by atoms with Crippen LogP contribution in [0.25, 0.3) is 0 Å². The molecule has 0 aromatic rings. The van der Waals surface area contributed by atoms with Crippen LogP contribution in [0.15, 0.2) is 0 Å². The largest absolute Gasteiger partial charge is 0.481 e. The highest BCUT2D eigenvalue weighted by Crippen LogP contribution is 2.25. The third-order valence-corrected chi connectivity index (χ3v) is 2.80. The van der Waals surface area contributed by atoms with Crippen molar-refractivity contribution < 1.29 is 24.2 Å². The molecule has 0 aromatic heterocycles. The summed E-state index contributed by atoms with van der Waals surface area (Å²) >= 11 is 0. The monoisotopic (exact) mass is 229 g/mol. The highest BCUT2D eigenvalue weighted by Gasteiger charge is 2.42. The maximum absolute atomic E-state index is 11.5. The van der Waals surface area contributed by atoms with Crippen LogP contribution >= 0.6 is 0 Å². The first kappa shape index (κ1) is 12.5. The molecule has 0 saturated carbocycles. The van der Waals surface area contributed by atoms with Gasteiger partial charge in [0.25, 0.3) is 0 Å². The van der Waals surface area contributed by atoms with E-state index in [1.165, 1.54) is 18.9 Å². The van der Waals surface area contributed by atoms with Crippen LogP contribution in [-0.2, 0) is 19.1 Å². The van der Waals surface area contributed by atoms with Crippen molar-refractivity contribution in [2.24, 2.45) is 5.92 Å². The van der Waals surface area contributed by atoms with Gasteiger partial charge in [-0.3, -0.25) is 9.59 Å². The van der Waals surface area contributed by atoms with Crippen LogP contribution in [0.3, 0.4) is 0 Å². The Hall–Kier alpha value is -1.59. The lowest BCUT2D eigenvalue weighted by molar-refractivity contribution is -0.163. The molecule has 1 aliphatic heterocycles. The molecule has 0 spiro atoms. The molecule has 2 atom stereocenters. The topological polar surface area (TPSA) is 83.9 Å². The van der Waals surface area contributed by atoms with Crippen LogP contribution in [0.1, 0.15) is 19.8 Å². The zero-order chi connectivity index (χ0) is 12.3. The number of nitrogens with zero attached hydrogens (tertiary/aromatic N) is 1. The van der Waals surface area contributed by atoms with Gasteiger partial charge in [0.2, 0.25) is 5.91 Å². The van der Waals surface area contributed by atoms with E-state index >= 15 is 0 Å². The van der Waals surface area contributed by atoms with Gasteiger partial charge in [0, 0.05) is 13.5 Å².